The monoisotopic (exact) mass is 368 g/mol. The summed E-state index contributed by atoms with van der Waals surface area (Å²) in [5.74, 6) is -1.06. The Hall–Kier alpha value is -1.93. The number of ether oxygens (including phenoxy) is 1. The lowest BCUT2D eigenvalue weighted by atomic mass is 9.95. The SMILES string of the molecule is CN(C)S(=O)(=O)c1cccc(C(=O)OCC(=O)NC2CCCCC2)c1. The second-order valence-electron chi connectivity index (χ2n) is 6.29. The van der Waals surface area contributed by atoms with E-state index in [1.807, 2.05) is 0 Å². The van der Waals surface area contributed by atoms with E-state index in [9.17, 15) is 18.0 Å². The van der Waals surface area contributed by atoms with Crippen LogP contribution in [-0.4, -0.2) is 51.3 Å². The number of nitrogens with zero attached hydrogens (tertiary/aromatic N) is 1. The number of nitrogens with one attached hydrogen (secondary N) is 1. The summed E-state index contributed by atoms with van der Waals surface area (Å²) < 4.78 is 30.3. The van der Waals surface area contributed by atoms with Crippen LogP contribution in [-0.2, 0) is 19.6 Å². The normalized spacial score (nSPS) is 15.8. The van der Waals surface area contributed by atoms with E-state index in [1.165, 1.54) is 44.8 Å². The molecule has 1 saturated carbocycles. The highest BCUT2D eigenvalue weighted by Crippen LogP contribution is 2.17. The first-order valence-electron chi connectivity index (χ1n) is 8.30. The summed E-state index contributed by atoms with van der Waals surface area (Å²) in [6, 6.07) is 5.72. The quantitative estimate of drug-likeness (QED) is 0.769. The number of hydrogen-bond donors (Lipinski definition) is 1. The largest absolute Gasteiger partial charge is 0.452 e. The van der Waals surface area contributed by atoms with Gasteiger partial charge in [-0.05, 0) is 31.0 Å². The Bertz CT molecular complexity index is 724. The molecule has 25 heavy (non-hydrogen) atoms. The van der Waals surface area contributed by atoms with Crippen LogP contribution in [0.3, 0.4) is 0 Å². The number of sulfonamides is 1. The summed E-state index contributed by atoms with van der Waals surface area (Å²) in [6.45, 7) is -0.375. The second kappa shape index (κ2) is 8.44. The Kier molecular flexibility index (Phi) is 6.55. The van der Waals surface area contributed by atoms with Gasteiger partial charge < -0.3 is 10.1 Å². The Morgan fingerprint density at radius 2 is 1.88 bits per heavy atom. The fraction of sp³-hybridized carbons (Fsp3) is 0.529. The highest BCUT2D eigenvalue weighted by molar-refractivity contribution is 7.89. The van der Waals surface area contributed by atoms with Crippen molar-refractivity contribution in [1.82, 2.24) is 9.62 Å². The third-order valence-corrected chi connectivity index (χ3v) is 5.96. The van der Waals surface area contributed by atoms with Crippen LogP contribution in [0.4, 0.5) is 0 Å². The maximum atomic E-state index is 12.1. The Balaban J connectivity index is 1.93. The predicted octanol–water partition coefficient (Wildman–Crippen LogP) is 1.54. The molecule has 138 valence electrons. The van der Waals surface area contributed by atoms with Gasteiger partial charge in [0.2, 0.25) is 10.0 Å². The molecule has 1 aliphatic carbocycles. The maximum absolute atomic E-state index is 12.1. The number of carbonyl (C=O) groups excluding carboxylic acids is 2. The van der Waals surface area contributed by atoms with Crippen molar-refractivity contribution in [2.24, 2.45) is 0 Å². The van der Waals surface area contributed by atoms with E-state index in [4.69, 9.17) is 4.74 Å². The van der Waals surface area contributed by atoms with E-state index in [1.54, 1.807) is 0 Å². The Morgan fingerprint density at radius 1 is 1.20 bits per heavy atom. The number of esters is 1. The van der Waals surface area contributed by atoms with E-state index in [-0.39, 0.29) is 29.0 Å². The van der Waals surface area contributed by atoms with E-state index in [0.717, 1.165) is 30.0 Å². The van der Waals surface area contributed by atoms with Crippen molar-refractivity contribution in [3.63, 3.8) is 0 Å². The fourth-order valence-corrected chi connectivity index (χ4v) is 3.67. The lowest BCUT2D eigenvalue weighted by Crippen LogP contribution is -2.38. The molecule has 0 atom stereocenters. The van der Waals surface area contributed by atoms with Crippen molar-refractivity contribution in [1.29, 1.82) is 0 Å². The lowest BCUT2D eigenvalue weighted by Gasteiger charge is -2.22. The van der Waals surface area contributed by atoms with Crippen molar-refractivity contribution < 1.29 is 22.7 Å². The zero-order valence-electron chi connectivity index (χ0n) is 14.5. The summed E-state index contributed by atoms with van der Waals surface area (Å²) in [5, 5.41) is 2.86. The molecule has 7 nitrogen and oxygen atoms in total. The van der Waals surface area contributed by atoms with Gasteiger partial charge in [-0.3, -0.25) is 4.79 Å². The van der Waals surface area contributed by atoms with E-state index >= 15 is 0 Å². The molecule has 1 aromatic carbocycles. The fourth-order valence-electron chi connectivity index (χ4n) is 2.73. The van der Waals surface area contributed by atoms with Crippen LogP contribution in [0.1, 0.15) is 42.5 Å². The van der Waals surface area contributed by atoms with Crippen molar-refractivity contribution in [3.05, 3.63) is 29.8 Å². The van der Waals surface area contributed by atoms with Crippen LogP contribution in [0.5, 0.6) is 0 Å². The average molecular weight is 368 g/mol. The molecule has 1 aromatic rings. The van der Waals surface area contributed by atoms with Gasteiger partial charge in [0, 0.05) is 20.1 Å². The highest BCUT2D eigenvalue weighted by Gasteiger charge is 2.20. The molecule has 0 aliphatic heterocycles. The number of rotatable bonds is 6. The minimum atomic E-state index is -3.64. The van der Waals surface area contributed by atoms with Crippen molar-refractivity contribution in [3.8, 4) is 0 Å². The molecular formula is C17H24N2O5S. The molecule has 1 fully saturated rings. The molecule has 0 bridgehead atoms. The first-order valence-corrected chi connectivity index (χ1v) is 9.74. The third-order valence-electron chi connectivity index (χ3n) is 4.15. The van der Waals surface area contributed by atoms with Crippen molar-refractivity contribution in [2.45, 2.75) is 43.0 Å². The van der Waals surface area contributed by atoms with Gasteiger partial charge in [-0.2, -0.15) is 0 Å². The number of hydrogen-bond acceptors (Lipinski definition) is 5. The first-order chi connectivity index (χ1) is 11.8. The number of carbonyl (C=O) groups is 2. The predicted molar refractivity (Wildman–Crippen MR) is 92.6 cm³/mol. The average Bonchev–Trinajstić information content (AvgIpc) is 2.60. The summed E-state index contributed by atoms with van der Waals surface area (Å²) in [6.07, 6.45) is 5.28. The van der Waals surface area contributed by atoms with Crippen molar-refractivity contribution in [2.75, 3.05) is 20.7 Å². The van der Waals surface area contributed by atoms with Crippen LogP contribution in [0.2, 0.25) is 0 Å². The smallest absolute Gasteiger partial charge is 0.338 e. The van der Waals surface area contributed by atoms with Gasteiger partial charge in [-0.15, -0.1) is 0 Å². The van der Waals surface area contributed by atoms with Crippen LogP contribution in [0.15, 0.2) is 29.2 Å². The molecule has 0 spiro atoms. The van der Waals surface area contributed by atoms with Gasteiger partial charge in [-0.1, -0.05) is 25.3 Å². The Morgan fingerprint density at radius 3 is 2.52 bits per heavy atom. The molecule has 0 heterocycles. The molecule has 1 aliphatic rings. The molecule has 8 heteroatoms. The van der Waals surface area contributed by atoms with Gasteiger partial charge in [0.25, 0.3) is 5.91 Å². The molecular weight excluding hydrogens is 344 g/mol. The molecule has 0 saturated heterocycles. The summed E-state index contributed by atoms with van der Waals surface area (Å²) in [4.78, 5) is 24.0. The van der Waals surface area contributed by atoms with Crippen LogP contribution in [0, 0.1) is 0 Å². The summed E-state index contributed by atoms with van der Waals surface area (Å²) in [7, 11) is -0.812. The zero-order chi connectivity index (χ0) is 18.4. The van der Waals surface area contributed by atoms with E-state index < -0.39 is 16.0 Å². The van der Waals surface area contributed by atoms with Crippen LogP contribution >= 0.6 is 0 Å². The molecule has 1 amide bonds. The Labute approximate surface area is 148 Å². The van der Waals surface area contributed by atoms with Gasteiger partial charge in [0.15, 0.2) is 6.61 Å². The van der Waals surface area contributed by atoms with E-state index in [2.05, 4.69) is 5.32 Å². The number of amides is 1. The van der Waals surface area contributed by atoms with Crippen molar-refractivity contribution >= 4 is 21.9 Å². The third kappa shape index (κ3) is 5.27. The van der Waals surface area contributed by atoms with Crippen LogP contribution < -0.4 is 5.32 Å². The van der Waals surface area contributed by atoms with E-state index in [0.29, 0.717) is 0 Å². The lowest BCUT2D eigenvalue weighted by molar-refractivity contribution is -0.125. The maximum Gasteiger partial charge on any atom is 0.338 e. The molecule has 2 rings (SSSR count). The topological polar surface area (TPSA) is 92.8 Å². The van der Waals surface area contributed by atoms with Crippen LogP contribution in [0.25, 0.3) is 0 Å². The second-order valence-corrected chi connectivity index (χ2v) is 8.45. The number of benzene rings is 1. The molecule has 0 unspecified atom stereocenters. The minimum Gasteiger partial charge on any atom is -0.452 e. The van der Waals surface area contributed by atoms with Gasteiger partial charge in [0.1, 0.15) is 0 Å². The minimum absolute atomic E-state index is 0.00129. The van der Waals surface area contributed by atoms with Gasteiger partial charge in [0.05, 0.1) is 10.5 Å². The van der Waals surface area contributed by atoms with Gasteiger partial charge in [-0.25, -0.2) is 17.5 Å². The molecule has 0 radical (unpaired) electrons. The first kappa shape index (κ1) is 19.4. The highest BCUT2D eigenvalue weighted by atomic mass is 32.2. The standard InChI is InChI=1S/C17H24N2O5S/c1-19(2)25(22,23)15-10-6-7-13(11-15)17(21)24-12-16(20)18-14-8-4-3-5-9-14/h6-7,10-11,14H,3-5,8-9,12H2,1-2H3,(H,18,20). The summed E-state index contributed by atoms with van der Waals surface area (Å²) in [5.41, 5.74) is 0.0911. The van der Waals surface area contributed by atoms with Gasteiger partial charge >= 0.3 is 5.97 Å². The molecule has 0 aromatic heterocycles. The summed E-state index contributed by atoms with van der Waals surface area (Å²) >= 11 is 0. The molecule has 1 N–H and O–H groups in total. The zero-order valence-corrected chi connectivity index (χ0v) is 15.3.